The van der Waals surface area contributed by atoms with Crippen molar-refractivity contribution in [2.75, 3.05) is 13.1 Å². The van der Waals surface area contributed by atoms with Gasteiger partial charge in [-0.05, 0) is 45.2 Å². The summed E-state index contributed by atoms with van der Waals surface area (Å²) in [5.74, 6) is 2.97. The summed E-state index contributed by atoms with van der Waals surface area (Å²) >= 11 is 0. The van der Waals surface area contributed by atoms with Crippen LogP contribution in [0.1, 0.15) is 50.7 Å². The third-order valence-electron chi connectivity index (χ3n) is 4.24. The van der Waals surface area contributed by atoms with Gasteiger partial charge in [0, 0.05) is 24.7 Å². The van der Waals surface area contributed by atoms with Crippen molar-refractivity contribution < 1.29 is 4.42 Å². The normalized spacial score (nSPS) is 24.8. The highest BCUT2D eigenvalue weighted by atomic mass is 16.3. The fraction of sp³-hybridized carbons (Fsp3) is 0.750. The average molecular weight is 264 g/mol. The molecule has 1 fully saturated rings. The molecule has 2 heterocycles. The topological polar surface area (TPSA) is 28.4 Å². The number of rotatable bonds is 5. The van der Waals surface area contributed by atoms with E-state index in [2.05, 4.69) is 44.0 Å². The zero-order chi connectivity index (χ0) is 13.8. The highest BCUT2D eigenvalue weighted by Crippen LogP contribution is 2.25. The van der Waals surface area contributed by atoms with E-state index < -0.39 is 0 Å². The monoisotopic (exact) mass is 264 g/mol. The first-order valence-corrected chi connectivity index (χ1v) is 7.63. The first kappa shape index (κ1) is 14.6. The van der Waals surface area contributed by atoms with Gasteiger partial charge in [0.25, 0.3) is 0 Å². The second-order valence-electron chi connectivity index (χ2n) is 6.04. The summed E-state index contributed by atoms with van der Waals surface area (Å²) < 4.78 is 5.83. The lowest BCUT2D eigenvalue weighted by Crippen LogP contribution is -2.40. The van der Waals surface area contributed by atoms with Gasteiger partial charge in [-0.2, -0.15) is 0 Å². The minimum Gasteiger partial charge on any atom is -0.465 e. The Hall–Kier alpha value is -0.800. The highest BCUT2D eigenvalue weighted by Gasteiger charge is 2.23. The minimum atomic E-state index is 0.697. The van der Waals surface area contributed by atoms with Gasteiger partial charge in [0.15, 0.2) is 0 Å². The summed E-state index contributed by atoms with van der Waals surface area (Å²) in [6.07, 6.45) is 2.69. The van der Waals surface area contributed by atoms with Crippen molar-refractivity contribution in [1.82, 2.24) is 10.2 Å². The Balaban J connectivity index is 1.99. The number of nitrogens with zero attached hydrogens (tertiary/aromatic N) is 1. The second-order valence-corrected chi connectivity index (χ2v) is 6.04. The van der Waals surface area contributed by atoms with Crippen LogP contribution in [0.2, 0.25) is 0 Å². The van der Waals surface area contributed by atoms with E-state index in [4.69, 9.17) is 4.42 Å². The maximum Gasteiger partial charge on any atom is 0.118 e. The van der Waals surface area contributed by atoms with Crippen LogP contribution >= 0.6 is 0 Å². The Morgan fingerprint density at radius 1 is 1.37 bits per heavy atom. The molecular formula is C16H28N2O. The van der Waals surface area contributed by atoms with Gasteiger partial charge in [-0.15, -0.1) is 0 Å². The van der Waals surface area contributed by atoms with Crippen LogP contribution in [0.3, 0.4) is 0 Å². The Bertz CT molecular complexity index is 399. The average Bonchev–Trinajstić information content (AvgIpc) is 2.72. The maximum atomic E-state index is 5.83. The Kier molecular flexibility index (Phi) is 5.06. The number of nitrogens with one attached hydrogen (secondary N) is 1. The maximum absolute atomic E-state index is 5.83. The lowest BCUT2D eigenvalue weighted by molar-refractivity contribution is 0.117. The molecule has 2 rings (SSSR count). The van der Waals surface area contributed by atoms with E-state index in [1.165, 1.54) is 24.9 Å². The lowest BCUT2D eigenvalue weighted by Gasteiger charge is -2.36. The molecule has 108 valence electrons. The number of hydrogen-bond acceptors (Lipinski definition) is 3. The lowest BCUT2D eigenvalue weighted by atomic mass is 9.94. The van der Waals surface area contributed by atoms with Crippen LogP contribution in [-0.2, 0) is 13.1 Å². The van der Waals surface area contributed by atoms with E-state index in [-0.39, 0.29) is 0 Å². The van der Waals surface area contributed by atoms with Crippen molar-refractivity contribution >= 4 is 0 Å². The van der Waals surface area contributed by atoms with Crippen LogP contribution in [0.5, 0.6) is 0 Å². The molecule has 1 saturated heterocycles. The summed E-state index contributed by atoms with van der Waals surface area (Å²) in [4.78, 5) is 2.60. The Morgan fingerprint density at radius 2 is 2.16 bits per heavy atom. The Labute approximate surface area is 117 Å². The quantitative estimate of drug-likeness (QED) is 0.884. The van der Waals surface area contributed by atoms with Crippen LogP contribution in [0.4, 0.5) is 0 Å². The van der Waals surface area contributed by atoms with Crippen molar-refractivity contribution in [1.29, 1.82) is 0 Å². The predicted molar refractivity (Wildman–Crippen MR) is 79.1 cm³/mol. The van der Waals surface area contributed by atoms with E-state index in [9.17, 15) is 0 Å². The van der Waals surface area contributed by atoms with Gasteiger partial charge in [-0.1, -0.05) is 13.8 Å². The largest absolute Gasteiger partial charge is 0.465 e. The molecule has 1 aliphatic rings. The highest BCUT2D eigenvalue weighted by molar-refractivity contribution is 5.21. The first-order chi connectivity index (χ1) is 9.10. The molecule has 1 N–H and O–H groups in total. The van der Waals surface area contributed by atoms with Gasteiger partial charge >= 0.3 is 0 Å². The van der Waals surface area contributed by atoms with E-state index in [0.717, 1.165) is 37.1 Å². The Morgan fingerprint density at radius 3 is 2.89 bits per heavy atom. The third kappa shape index (κ3) is 3.83. The number of furan rings is 1. The fourth-order valence-corrected chi connectivity index (χ4v) is 2.90. The van der Waals surface area contributed by atoms with Crippen LogP contribution in [0.15, 0.2) is 10.5 Å². The predicted octanol–water partition coefficient (Wildman–Crippen LogP) is 3.32. The molecule has 1 aromatic heterocycles. The van der Waals surface area contributed by atoms with E-state index in [1.807, 2.05) is 0 Å². The molecule has 0 amide bonds. The SMILES string of the molecule is CCNCc1cc(CN2CC(C)CCC2C)c(C)o1. The number of piperidine rings is 1. The summed E-state index contributed by atoms with van der Waals surface area (Å²) in [7, 11) is 0. The molecule has 0 aliphatic carbocycles. The molecule has 3 nitrogen and oxygen atoms in total. The summed E-state index contributed by atoms with van der Waals surface area (Å²) in [5, 5.41) is 3.32. The molecular weight excluding hydrogens is 236 g/mol. The number of likely N-dealkylation sites (tertiary alicyclic amines) is 1. The summed E-state index contributed by atoms with van der Waals surface area (Å²) in [6, 6.07) is 2.92. The standard InChI is InChI=1S/C16H28N2O/c1-5-17-9-16-8-15(14(4)19-16)11-18-10-12(2)6-7-13(18)3/h8,12-13,17H,5-7,9-11H2,1-4H3. The summed E-state index contributed by atoms with van der Waals surface area (Å²) in [5.41, 5.74) is 1.36. The third-order valence-corrected chi connectivity index (χ3v) is 4.24. The van der Waals surface area contributed by atoms with Gasteiger partial charge < -0.3 is 9.73 Å². The van der Waals surface area contributed by atoms with Crippen LogP contribution in [0.25, 0.3) is 0 Å². The van der Waals surface area contributed by atoms with Crippen LogP contribution in [0, 0.1) is 12.8 Å². The van der Waals surface area contributed by atoms with Crippen molar-refractivity contribution in [3.63, 3.8) is 0 Å². The molecule has 0 bridgehead atoms. The molecule has 19 heavy (non-hydrogen) atoms. The van der Waals surface area contributed by atoms with Crippen molar-refractivity contribution in [3.8, 4) is 0 Å². The molecule has 2 unspecified atom stereocenters. The number of hydrogen-bond donors (Lipinski definition) is 1. The molecule has 0 saturated carbocycles. The van der Waals surface area contributed by atoms with Gasteiger partial charge in [0.1, 0.15) is 11.5 Å². The fourth-order valence-electron chi connectivity index (χ4n) is 2.90. The zero-order valence-electron chi connectivity index (χ0n) is 12.8. The number of aryl methyl sites for hydroxylation is 1. The smallest absolute Gasteiger partial charge is 0.118 e. The van der Waals surface area contributed by atoms with Crippen LogP contribution < -0.4 is 5.32 Å². The first-order valence-electron chi connectivity index (χ1n) is 7.63. The van der Waals surface area contributed by atoms with E-state index in [0.29, 0.717) is 6.04 Å². The van der Waals surface area contributed by atoms with Gasteiger partial charge in [0.2, 0.25) is 0 Å². The molecule has 1 aromatic rings. The molecule has 0 radical (unpaired) electrons. The zero-order valence-corrected chi connectivity index (χ0v) is 12.8. The van der Waals surface area contributed by atoms with Crippen LogP contribution in [-0.4, -0.2) is 24.0 Å². The van der Waals surface area contributed by atoms with Crippen molar-refractivity contribution in [3.05, 3.63) is 23.2 Å². The minimum absolute atomic E-state index is 0.697. The van der Waals surface area contributed by atoms with Crippen molar-refractivity contribution in [2.45, 2.75) is 59.7 Å². The second kappa shape index (κ2) is 6.58. The van der Waals surface area contributed by atoms with Gasteiger partial charge in [0.05, 0.1) is 6.54 Å². The summed E-state index contributed by atoms with van der Waals surface area (Å²) in [6.45, 7) is 13.0. The van der Waals surface area contributed by atoms with Crippen molar-refractivity contribution in [2.24, 2.45) is 5.92 Å². The van der Waals surface area contributed by atoms with E-state index >= 15 is 0 Å². The molecule has 0 spiro atoms. The molecule has 2 atom stereocenters. The van der Waals surface area contributed by atoms with Gasteiger partial charge in [-0.3, -0.25) is 4.90 Å². The molecule has 0 aromatic carbocycles. The van der Waals surface area contributed by atoms with E-state index in [1.54, 1.807) is 0 Å². The molecule has 3 heteroatoms. The molecule has 1 aliphatic heterocycles. The van der Waals surface area contributed by atoms with Gasteiger partial charge in [-0.25, -0.2) is 0 Å².